The van der Waals surface area contributed by atoms with E-state index in [1.54, 1.807) is 19.1 Å². The van der Waals surface area contributed by atoms with Crippen LogP contribution in [0.4, 0.5) is 5.69 Å². The van der Waals surface area contributed by atoms with E-state index in [9.17, 15) is 13.2 Å². The van der Waals surface area contributed by atoms with Crippen LogP contribution in [-0.2, 0) is 14.8 Å². The van der Waals surface area contributed by atoms with Gasteiger partial charge in [-0.1, -0.05) is 12.1 Å². The summed E-state index contributed by atoms with van der Waals surface area (Å²) >= 11 is 0. The van der Waals surface area contributed by atoms with Gasteiger partial charge in [-0.25, -0.2) is 8.42 Å². The molecule has 0 saturated carbocycles. The minimum atomic E-state index is -3.67. The molecule has 1 aliphatic heterocycles. The topological polar surface area (TPSA) is 84.9 Å². The van der Waals surface area contributed by atoms with Crippen molar-refractivity contribution in [2.24, 2.45) is 0 Å². The summed E-state index contributed by atoms with van der Waals surface area (Å²) in [6.07, 6.45) is 1.11. The van der Waals surface area contributed by atoms with Crippen molar-refractivity contribution in [3.63, 3.8) is 0 Å². The molecule has 0 aliphatic carbocycles. The maximum absolute atomic E-state index is 13.0. The lowest BCUT2D eigenvalue weighted by atomic mass is 10.1. The first kappa shape index (κ1) is 22.0. The van der Waals surface area contributed by atoms with Crippen molar-refractivity contribution in [3.8, 4) is 11.5 Å². The minimum absolute atomic E-state index is 0.337. The second kappa shape index (κ2) is 8.55. The molecule has 0 saturated heterocycles. The number of anilines is 1. The maximum Gasteiger partial charge on any atom is 0.244 e. The van der Waals surface area contributed by atoms with Gasteiger partial charge in [0.05, 0.1) is 18.0 Å². The van der Waals surface area contributed by atoms with Crippen molar-refractivity contribution in [3.05, 3.63) is 53.1 Å². The van der Waals surface area contributed by atoms with Crippen LogP contribution in [0.25, 0.3) is 0 Å². The lowest BCUT2D eigenvalue weighted by Gasteiger charge is -2.30. The molecule has 0 bridgehead atoms. The predicted molar refractivity (Wildman–Crippen MR) is 117 cm³/mol. The average Bonchev–Trinajstić information content (AvgIpc) is 2.65. The van der Waals surface area contributed by atoms with Crippen LogP contribution in [0, 0.1) is 13.8 Å². The smallest absolute Gasteiger partial charge is 0.244 e. The van der Waals surface area contributed by atoms with Gasteiger partial charge >= 0.3 is 0 Å². The number of fused-ring (bicyclic) bond motifs is 1. The van der Waals surface area contributed by atoms with Gasteiger partial charge in [0.15, 0.2) is 11.5 Å². The Balaban J connectivity index is 1.81. The molecule has 0 aromatic heterocycles. The van der Waals surface area contributed by atoms with Gasteiger partial charge in [0.2, 0.25) is 15.9 Å². The third-order valence-corrected chi connectivity index (χ3v) is 6.22. The minimum Gasteiger partial charge on any atom is -0.486 e. The first-order chi connectivity index (χ1) is 14.1. The van der Waals surface area contributed by atoms with Crippen LogP contribution in [0.2, 0.25) is 0 Å². The number of nitrogens with zero attached hydrogens (tertiary/aromatic N) is 1. The van der Waals surface area contributed by atoms with Gasteiger partial charge in [-0.3, -0.25) is 9.10 Å². The highest BCUT2D eigenvalue weighted by Crippen LogP contribution is 2.32. The number of hydrogen-bond acceptors (Lipinski definition) is 5. The van der Waals surface area contributed by atoms with Crippen LogP contribution in [0.3, 0.4) is 0 Å². The quantitative estimate of drug-likeness (QED) is 0.758. The summed E-state index contributed by atoms with van der Waals surface area (Å²) in [4.78, 5) is 13.0. The van der Waals surface area contributed by atoms with Crippen LogP contribution < -0.4 is 19.1 Å². The molecule has 2 unspecified atom stereocenters. The van der Waals surface area contributed by atoms with E-state index in [2.05, 4.69) is 5.32 Å². The van der Waals surface area contributed by atoms with Crippen LogP contribution in [0.5, 0.6) is 11.5 Å². The first-order valence-corrected chi connectivity index (χ1v) is 11.7. The Hall–Kier alpha value is -2.74. The van der Waals surface area contributed by atoms with E-state index in [4.69, 9.17) is 9.47 Å². The molecule has 30 heavy (non-hydrogen) atoms. The van der Waals surface area contributed by atoms with Crippen LogP contribution in [0.1, 0.15) is 36.6 Å². The summed E-state index contributed by atoms with van der Waals surface area (Å²) in [7, 11) is -3.67. The van der Waals surface area contributed by atoms with E-state index in [1.165, 1.54) is 4.31 Å². The molecule has 162 valence electrons. The fourth-order valence-corrected chi connectivity index (χ4v) is 4.79. The Morgan fingerprint density at radius 1 is 1.00 bits per heavy atom. The SMILES string of the molecule is Cc1cc(C)cc(N(C(C)C(=O)NC(C)c2ccc3c(c2)OCCO3)S(C)(=O)=O)c1. The summed E-state index contributed by atoms with van der Waals surface area (Å²) in [6, 6.07) is 9.75. The Labute approximate surface area is 178 Å². The van der Waals surface area contributed by atoms with Crippen molar-refractivity contribution in [2.75, 3.05) is 23.8 Å². The van der Waals surface area contributed by atoms with Gasteiger partial charge in [0.1, 0.15) is 19.3 Å². The number of nitrogens with one attached hydrogen (secondary N) is 1. The third-order valence-electron chi connectivity index (χ3n) is 4.97. The maximum atomic E-state index is 13.0. The first-order valence-electron chi connectivity index (χ1n) is 9.84. The highest BCUT2D eigenvalue weighted by molar-refractivity contribution is 7.92. The molecule has 2 atom stereocenters. The van der Waals surface area contributed by atoms with Gasteiger partial charge in [0, 0.05) is 0 Å². The van der Waals surface area contributed by atoms with E-state index in [-0.39, 0.29) is 11.9 Å². The molecule has 0 spiro atoms. The molecule has 2 aromatic carbocycles. The van der Waals surface area contributed by atoms with E-state index in [0.29, 0.717) is 30.4 Å². The average molecular weight is 433 g/mol. The van der Waals surface area contributed by atoms with Gasteiger partial charge in [-0.15, -0.1) is 0 Å². The van der Waals surface area contributed by atoms with Gasteiger partial charge in [0.25, 0.3) is 0 Å². The zero-order valence-electron chi connectivity index (χ0n) is 17.9. The lowest BCUT2D eigenvalue weighted by Crippen LogP contribution is -2.48. The normalized spacial score (nSPS) is 15.2. The zero-order valence-corrected chi connectivity index (χ0v) is 18.7. The molecule has 0 fully saturated rings. The number of sulfonamides is 1. The summed E-state index contributed by atoms with van der Waals surface area (Å²) in [5.41, 5.74) is 3.17. The van der Waals surface area contributed by atoms with E-state index < -0.39 is 16.1 Å². The Morgan fingerprint density at radius 3 is 2.20 bits per heavy atom. The fraction of sp³-hybridized carbons (Fsp3) is 0.409. The summed E-state index contributed by atoms with van der Waals surface area (Å²) < 4.78 is 37.4. The highest BCUT2D eigenvalue weighted by Gasteiger charge is 2.30. The second-order valence-corrected chi connectivity index (χ2v) is 9.57. The van der Waals surface area contributed by atoms with Crippen molar-refractivity contribution in [1.29, 1.82) is 0 Å². The number of aryl methyl sites for hydroxylation is 2. The number of ether oxygens (including phenoxy) is 2. The predicted octanol–water partition coefficient (Wildman–Crippen LogP) is 3.11. The molecule has 7 nitrogen and oxygen atoms in total. The monoisotopic (exact) mass is 432 g/mol. The van der Waals surface area contributed by atoms with Crippen LogP contribution in [0.15, 0.2) is 36.4 Å². The summed E-state index contributed by atoms with van der Waals surface area (Å²) in [6.45, 7) is 8.21. The number of amides is 1. The molecule has 1 N–H and O–H groups in total. The van der Waals surface area contributed by atoms with Crippen LogP contribution >= 0.6 is 0 Å². The Morgan fingerprint density at radius 2 is 1.60 bits per heavy atom. The zero-order chi connectivity index (χ0) is 22.1. The van der Waals surface area contributed by atoms with Crippen molar-refractivity contribution >= 4 is 21.6 Å². The Kier molecular flexibility index (Phi) is 6.26. The van der Waals surface area contributed by atoms with Crippen molar-refractivity contribution < 1.29 is 22.7 Å². The summed E-state index contributed by atoms with van der Waals surface area (Å²) in [5.74, 6) is 0.929. The number of hydrogen-bond donors (Lipinski definition) is 1. The number of rotatable bonds is 6. The van der Waals surface area contributed by atoms with Crippen molar-refractivity contribution in [2.45, 2.75) is 39.8 Å². The number of benzene rings is 2. The number of carbonyl (C=O) groups is 1. The fourth-order valence-electron chi connectivity index (χ4n) is 3.63. The molecule has 8 heteroatoms. The Bertz CT molecular complexity index is 1030. The molecule has 3 rings (SSSR count). The third kappa shape index (κ3) is 4.87. The van der Waals surface area contributed by atoms with E-state index in [0.717, 1.165) is 22.9 Å². The molecule has 1 aliphatic rings. The van der Waals surface area contributed by atoms with Gasteiger partial charge < -0.3 is 14.8 Å². The van der Waals surface area contributed by atoms with Crippen molar-refractivity contribution in [1.82, 2.24) is 5.32 Å². The second-order valence-electron chi connectivity index (χ2n) is 7.71. The van der Waals surface area contributed by atoms with E-state index >= 15 is 0 Å². The summed E-state index contributed by atoms with van der Waals surface area (Å²) in [5, 5.41) is 2.91. The largest absolute Gasteiger partial charge is 0.486 e. The lowest BCUT2D eigenvalue weighted by molar-refractivity contribution is -0.122. The molecule has 1 amide bonds. The molecular weight excluding hydrogens is 404 g/mol. The van der Waals surface area contributed by atoms with Gasteiger partial charge in [-0.2, -0.15) is 0 Å². The molecular formula is C22H28N2O5S. The number of carbonyl (C=O) groups excluding carboxylic acids is 1. The molecule has 1 heterocycles. The van der Waals surface area contributed by atoms with Gasteiger partial charge in [-0.05, 0) is 68.7 Å². The standard InChI is InChI=1S/C22H28N2O5S/c1-14-10-15(2)12-19(11-14)24(30(5,26)27)17(4)22(25)23-16(3)18-6-7-20-21(13-18)29-9-8-28-20/h6-7,10-13,16-17H,8-9H2,1-5H3,(H,23,25). The van der Waals surface area contributed by atoms with Crippen LogP contribution in [-0.4, -0.2) is 39.8 Å². The molecule has 0 radical (unpaired) electrons. The van der Waals surface area contributed by atoms with E-state index in [1.807, 2.05) is 45.0 Å². The molecule has 2 aromatic rings. The highest BCUT2D eigenvalue weighted by atomic mass is 32.2.